The average Bonchev–Trinajstić information content (AvgIpc) is 4.04. The molecule has 61 heavy (non-hydrogen) atoms. The fraction of sp³-hybridized carbons (Fsp3) is 0.425. The Bertz CT molecular complexity index is 2380. The van der Waals surface area contributed by atoms with Gasteiger partial charge in [-0.3, -0.25) is 28.5 Å². The van der Waals surface area contributed by atoms with Crippen LogP contribution in [0.5, 0.6) is 0 Å². The van der Waals surface area contributed by atoms with E-state index in [1.165, 1.54) is 35.9 Å². The number of anilines is 1. The van der Waals surface area contributed by atoms with Crippen molar-refractivity contribution in [1.82, 2.24) is 39.3 Å². The smallest absolute Gasteiger partial charge is 0.306 e. The molecule has 2 aliphatic rings. The van der Waals surface area contributed by atoms with Gasteiger partial charge < -0.3 is 19.7 Å². The number of halogens is 2. The molecule has 1 saturated carbocycles. The van der Waals surface area contributed by atoms with Crippen LogP contribution in [0, 0.1) is 11.8 Å². The van der Waals surface area contributed by atoms with E-state index in [2.05, 4.69) is 42.3 Å². The van der Waals surface area contributed by atoms with Gasteiger partial charge in [0, 0.05) is 69.1 Å². The van der Waals surface area contributed by atoms with Crippen LogP contribution in [0.4, 0.5) is 14.5 Å². The zero-order chi connectivity index (χ0) is 43.5. The van der Waals surface area contributed by atoms with E-state index in [0.29, 0.717) is 23.7 Å². The van der Waals surface area contributed by atoms with E-state index in [9.17, 15) is 31.6 Å². The van der Waals surface area contributed by atoms with Gasteiger partial charge in [0.15, 0.2) is 5.82 Å². The van der Waals surface area contributed by atoms with Gasteiger partial charge in [-0.15, -0.1) is 11.3 Å². The van der Waals surface area contributed by atoms with Gasteiger partial charge in [0.25, 0.3) is 16.0 Å². The molecule has 4 aromatic heterocycles. The molecule has 21 heteroatoms. The highest BCUT2D eigenvalue weighted by Gasteiger charge is 2.27. The quantitative estimate of drug-likeness (QED) is 0.0808. The highest BCUT2D eigenvalue weighted by Crippen LogP contribution is 2.35. The zero-order valence-electron chi connectivity index (χ0n) is 33.7. The summed E-state index contributed by atoms with van der Waals surface area (Å²) in [4.78, 5) is 50.9. The summed E-state index contributed by atoms with van der Waals surface area (Å²) < 4.78 is 72.1. The second-order valence-corrected chi connectivity index (χ2v) is 16.7. The van der Waals surface area contributed by atoms with Crippen LogP contribution in [0.15, 0.2) is 71.3 Å². The third kappa shape index (κ3) is 12.6. The number of carbonyl (C=O) groups excluding carboxylic acids is 3. The maximum atomic E-state index is 14.9. The van der Waals surface area contributed by atoms with Crippen LogP contribution in [0.25, 0.3) is 22.0 Å². The first kappa shape index (κ1) is 45.2. The molecule has 0 atom stereocenters. The molecule has 0 spiro atoms. The van der Waals surface area contributed by atoms with E-state index in [-0.39, 0.29) is 65.2 Å². The van der Waals surface area contributed by atoms with Crippen molar-refractivity contribution in [2.45, 2.75) is 62.5 Å². The van der Waals surface area contributed by atoms with Crippen molar-refractivity contribution in [3.8, 4) is 22.0 Å². The molecular formula is C40H47F2N9O8S2. The molecule has 1 aliphatic heterocycles. The molecule has 0 unspecified atom stereocenters. The average molecular weight is 884 g/mol. The molecule has 1 aromatic carbocycles. The number of likely N-dealkylation sites (N-methyl/N-ethyl adjacent to an activating group) is 1. The fourth-order valence-electron chi connectivity index (χ4n) is 6.76. The molecule has 2 fully saturated rings. The molecular weight excluding hydrogens is 837 g/mol. The minimum absolute atomic E-state index is 0.00133. The predicted octanol–water partition coefficient (Wildman–Crippen LogP) is 5.46. The van der Waals surface area contributed by atoms with Gasteiger partial charge in [-0.25, -0.2) is 19.0 Å². The first-order valence-electron chi connectivity index (χ1n) is 19.7. The number of hydrogen-bond acceptors (Lipinski definition) is 14. The zero-order valence-corrected chi connectivity index (χ0v) is 35.3. The van der Waals surface area contributed by atoms with Crippen molar-refractivity contribution < 1.29 is 45.6 Å². The van der Waals surface area contributed by atoms with Gasteiger partial charge in [0.05, 0.1) is 35.3 Å². The summed E-state index contributed by atoms with van der Waals surface area (Å²) in [6, 6.07) is 9.28. The van der Waals surface area contributed by atoms with Crippen LogP contribution >= 0.6 is 11.3 Å². The SMILES string of the molecule is CCOC1CCC(n2cc(NC(=O)c3csc(-c4cnn(C(=O)CCC(=O)OCCN5CCN(C)CC5)c4)n3)c(-c3nc(F)ccc3F)n2)CC1.O=S(=O)(O)c1ccccc1. The number of nitrogens with zero attached hydrogens (tertiary/aromatic N) is 8. The third-order valence-corrected chi connectivity index (χ3v) is 11.9. The summed E-state index contributed by atoms with van der Waals surface area (Å²) >= 11 is 1.17. The highest BCUT2D eigenvalue weighted by molar-refractivity contribution is 7.85. The predicted molar refractivity (Wildman–Crippen MR) is 221 cm³/mol. The van der Waals surface area contributed by atoms with Gasteiger partial charge in [0.1, 0.15) is 28.7 Å². The van der Waals surface area contributed by atoms with E-state index in [4.69, 9.17) is 14.0 Å². The Labute approximate surface area is 355 Å². The highest BCUT2D eigenvalue weighted by atomic mass is 32.2. The van der Waals surface area contributed by atoms with E-state index in [1.54, 1.807) is 34.5 Å². The topological polar surface area (TPSA) is 204 Å². The molecule has 1 aliphatic carbocycles. The minimum Gasteiger partial charge on any atom is -0.464 e. The molecule has 0 bridgehead atoms. The Morgan fingerprint density at radius 1 is 0.951 bits per heavy atom. The molecule has 5 heterocycles. The monoisotopic (exact) mass is 883 g/mol. The third-order valence-electron chi connectivity index (χ3n) is 10.1. The van der Waals surface area contributed by atoms with E-state index >= 15 is 0 Å². The Balaban J connectivity index is 0.000000546. The number of benzene rings is 1. The molecule has 17 nitrogen and oxygen atoms in total. The van der Waals surface area contributed by atoms with Crippen molar-refractivity contribution in [3.05, 3.63) is 83.9 Å². The molecule has 326 valence electrons. The minimum atomic E-state index is -4.00. The molecule has 7 rings (SSSR count). The molecule has 5 aromatic rings. The lowest BCUT2D eigenvalue weighted by Gasteiger charge is -2.32. The van der Waals surface area contributed by atoms with Gasteiger partial charge in [-0.1, -0.05) is 18.2 Å². The van der Waals surface area contributed by atoms with Crippen molar-refractivity contribution in [2.24, 2.45) is 0 Å². The van der Waals surface area contributed by atoms with Crippen LogP contribution in [0.1, 0.15) is 66.8 Å². The van der Waals surface area contributed by atoms with Crippen LogP contribution in [-0.2, 0) is 24.4 Å². The van der Waals surface area contributed by atoms with Crippen LogP contribution in [0.3, 0.4) is 0 Å². The number of piperazine rings is 1. The summed E-state index contributed by atoms with van der Waals surface area (Å²) in [6.07, 6.45) is 7.76. The van der Waals surface area contributed by atoms with Gasteiger partial charge in [0.2, 0.25) is 11.9 Å². The standard InChI is InChI=1S/C34H41F2N9O5S.C6H6O3S/c1-3-49-24-6-4-23(5-7-24)44-20-26(32(41-44)31-25(35)8-9-28(36)40-31)38-33(48)27-21-51-34(39-27)22-18-37-45(19-22)29(46)10-11-30(47)50-17-16-43-14-12-42(2)13-15-43;7-10(8,9)6-4-2-1-3-5-6/h8-9,18-21,23-24H,3-7,10-17H2,1-2H3,(H,38,48);1-5H,(H,7,8,9). The lowest BCUT2D eigenvalue weighted by molar-refractivity contribution is -0.144. The van der Waals surface area contributed by atoms with Gasteiger partial charge in [-0.2, -0.15) is 23.0 Å². The Kier molecular flexibility index (Phi) is 15.5. The summed E-state index contributed by atoms with van der Waals surface area (Å²) in [5, 5.41) is 13.4. The Morgan fingerprint density at radius 3 is 2.38 bits per heavy atom. The largest absolute Gasteiger partial charge is 0.464 e. The van der Waals surface area contributed by atoms with Gasteiger partial charge >= 0.3 is 5.97 Å². The Morgan fingerprint density at radius 2 is 1.69 bits per heavy atom. The molecule has 1 saturated heterocycles. The molecule has 2 N–H and O–H groups in total. The Hall–Kier alpha value is -5.32. The number of ether oxygens (including phenoxy) is 2. The van der Waals surface area contributed by atoms with Crippen LogP contribution in [-0.4, -0.2) is 129 Å². The number of amides is 1. The number of esters is 1. The van der Waals surface area contributed by atoms with Crippen molar-refractivity contribution in [2.75, 3.05) is 58.3 Å². The number of aromatic nitrogens is 6. The van der Waals surface area contributed by atoms with Gasteiger partial charge in [-0.05, 0) is 63.9 Å². The number of pyridine rings is 1. The number of thiazole rings is 1. The van der Waals surface area contributed by atoms with Crippen molar-refractivity contribution >= 4 is 44.9 Å². The second kappa shape index (κ2) is 21.0. The summed E-state index contributed by atoms with van der Waals surface area (Å²) in [7, 11) is -1.92. The maximum absolute atomic E-state index is 14.9. The lowest BCUT2D eigenvalue weighted by Crippen LogP contribution is -2.45. The maximum Gasteiger partial charge on any atom is 0.306 e. The summed E-state index contributed by atoms with van der Waals surface area (Å²) in [5.74, 6) is -3.09. The number of hydrogen-bond donors (Lipinski definition) is 2. The van der Waals surface area contributed by atoms with Crippen molar-refractivity contribution in [3.63, 3.8) is 0 Å². The molecule has 0 radical (unpaired) electrons. The van der Waals surface area contributed by atoms with Crippen molar-refractivity contribution in [1.29, 1.82) is 0 Å². The lowest BCUT2D eigenvalue weighted by atomic mass is 9.93. The van der Waals surface area contributed by atoms with E-state index in [1.807, 2.05) is 6.92 Å². The molecule has 1 amide bonds. The van der Waals surface area contributed by atoms with Crippen LogP contribution < -0.4 is 5.32 Å². The number of rotatable bonds is 14. The fourth-order valence-corrected chi connectivity index (χ4v) is 8.03. The number of nitrogens with one attached hydrogen (secondary N) is 1. The van der Waals surface area contributed by atoms with E-state index < -0.39 is 33.8 Å². The summed E-state index contributed by atoms with van der Waals surface area (Å²) in [5.41, 5.74) is 0.416. The summed E-state index contributed by atoms with van der Waals surface area (Å²) in [6.45, 7) is 7.35. The normalized spacial score (nSPS) is 17.3. The van der Waals surface area contributed by atoms with E-state index in [0.717, 1.165) is 68.7 Å². The van der Waals surface area contributed by atoms with Crippen LogP contribution in [0.2, 0.25) is 0 Å². The first-order chi connectivity index (χ1) is 29.3. The first-order valence-corrected chi connectivity index (χ1v) is 22.1. The second-order valence-electron chi connectivity index (χ2n) is 14.4. The number of carbonyl (C=O) groups is 3.